The van der Waals surface area contributed by atoms with Crippen molar-refractivity contribution in [3.8, 4) is 5.69 Å². The molecule has 42 heavy (non-hydrogen) atoms. The minimum atomic E-state index is -2.90. The molecule has 1 aliphatic carbocycles. The van der Waals surface area contributed by atoms with Crippen LogP contribution in [0, 0.1) is 5.92 Å². The second-order valence-corrected chi connectivity index (χ2v) is 10.8. The predicted octanol–water partition coefficient (Wildman–Crippen LogP) is 5.32. The average molecular weight is 599 g/mol. The minimum Gasteiger partial charge on any atom is -0.440 e. The first-order chi connectivity index (χ1) is 20.1. The third-order valence-corrected chi connectivity index (χ3v) is 7.74. The summed E-state index contributed by atoms with van der Waals surface area (Å²) in [7, 11) is 0. The topological polar surface area (TPSA) is 134 Å². The van der Waals surface area contributed by atoms with Crippen LogP contribution in [0.2, 0.25) is 5.02 Å². The number of nitrogens with one attached hydrogen (secondary N) is 1. The average Bonchev–Trinajstić information content (AvgIpc) is 3.24. The molecular weight excluding hydrogens is 570 g/mol. The highest BCUT2D eigenvalue weighted by atomic mass is 35.5. The molecule has 0 bridgehead atoms. The quantitative estimate of drug-likeness (QED) is 0.282. The molecule has 1 unspecified atom stereocenters. The van der Waals surface area contributed by atoms with Crippen LogP contribution in [-0.4, -0.2) is 37.1 Å². The molecule has 3 heterocycles. The lowest BCUT2D eigenvalue weighted by Crippen LogP contribution is -2.39. The van der Waals surface area contributed by atoms with E-state index in [1.54, 1.807) is 34.4 Å². The van der Waals surface area contributed by atoms with Gasteiger partial charge in [-0.25, -0.2) is 18.4 Å². The van der Waals surface area contributed by atoms with Crippen molar-refractivity contribution in [3.63, 3.8) is 0 Å². The van der Waals surface area contributed by atoms with Gasteiger partial charge in [-0.05, 0) is 68.9 Å². The van der Waals surface area contributed by atoms with Crippen molar-refractivity contribution in [3.05, 3.63) is 87.3 Å². The fraction of sp³-hybridized carbons (Fsp3) is 0.345. The molecule has 0 radical (unpaired) electrons. The van der Waals surface area contributed by atoms with Gasteiger partial charge in [0.05, 0.1) is 39.2 Å². The van der Waals surface area contributed by atoms with Crippen LogP contribution >= 0.6 is 11.6 Å². The number of benzene rings is 1. The first kappa shape index (κ1) is 29.2. The molecule has 13 heteroatoms. The smallest absolute Gasteiger partial charge is 0.405 e. The Hall–Kier alpha value is -4.32. The number of hydrogen-bond donors (Lipinski definition) is 2. The number of carbonyl (C=O) groups is 2. The van der Waals surface area contributed by atoms with Crippen LogP contribution in [0.5, 0.6) is 0 Å². The van der Waals surface area contributed by atoms with Gasteiger partial charge in [0.25, 0.3) is 12.3 Å². The number of primary amides is 1. The minimum absolute atomic E-state index is 0.108. The zero-order valence-corrected chi connectivity index (χ0v) is 23.4. The zero-order chi connectivity index (χ0) is 30.0. The van der Waals surface area contributed by atoms with E-state index in [4.69, 9.17) is 22.1 Å². The van der Waals surface area contributed by atoms with E-state index in [-0.39, 0.29) is 28.2 Å². The fourth-order valence-electron chi connectivity index (χ4n) is 5.46. The summed E-state index contributed by atoms with van der Waals surface area (Å²) in [6.45, 7) is 2.13. The number of halogens is 3. The van der Waals surface area contributed by atoms with Crippen LogP contribution in [0.25, 0.3) is 16.7 Å². The Balaban J connectivity index is 1.29. The number of ether oxygens (including phenoxy) is 1. The normalized spacial score (nSPS) is 17.7. The van der Waals surface area contributed by atoms with Crippen LogP contribution in [0.15, 0.2) is 59.7 Å². The van der Waals surface area contributed by atoms with E-state index in [0.717, 1.165) is 30.1 Å². The Morgan fingerprint density at radius 2 is 1.81 bits per heavy atom. The largest absolute Gasteiger partial charge is 0.440 e. The van der Waals surface area contributed by atoms with Gasteiger partial charge in [0, 0.05) is 18.8 Å². The molecule has 220 valence electrons. The number of fused-ring (bicyclic) bond motifs is 1. The Morgan fingerprint density at radius 3 is 2.45 bits per heavy atom. The fourth-order valence-corrected chi connectivity index (χ4v) is 5.61. The number of imidazole rings is 1. The molecule has 0 aliphatic heterocycles. The van der Waals surface area contributed by atoms with E-state index in [1.807, 2.05) is 24.3 Å². The van der Waals surface area contributed by atoms with Crippen molar-refractivity contribution >= 4 is 34.6 Å². The van der Waals surface area contributed by atoms with E-state index in [0.29, 0.717) is 30.8 Å². The number of aromatic nitrogens is 4. The van der Waals surface area contributed by atoms with E-state index in [1.165, 1.54) is 6.07 Å². The maximum Gasteiger partial charge on any atom is 0.405 e. The van der Waals surface area contributed by atoms with Gasteiger partial charge in [0.1, 0.15) is 11.8 Å². The van der Waals surface area contributed by atoms with Gasteiger partial charge < -0.3 is 15.8 Å². The van der Waals surface area contributed by atoms with E-state index < -0.39 is 30.2 Å². The summed E-state index contributed by atoms with van der Waals surface area (Å²) >= 11 is 5.89. The number of nitrogens with two attached hydrogens (primary N) is 1. The summed E-state index contributed by atoms with van der Waals surface area (Å²) in [4.78, 5) is 45.5. The molecule has 3 aromatic heterocycles. The van der Waals surface area contributed by atoms with Gasteiger partial charge in [0.2, 0.25) is 0 Å². The first-order valence-electron chi connectivity index (χ1n) is 13.5. The van der Waals surface area contributed by atoms with Crippen molar-refractivity contribution < 1.29 is 23.1 Å². The van der Waals surface area contributed by atoms with Gasteiger partial charge >= 0.3 is 11.8 Å². The first-order valence-corrected chi connectivity index (χ1v) is 13.9. The maximum absolute atomic E-state index is 13.7. The molecular formula is C29H29ClF2N6O4. The molecule has 0 saturated heterocycles. The number of rotatable bonds is 8. The van der Waals surface area contributed by atoms with E-state index in [9.17, 15) is 23.2 Å². The summed E-state index contributed by atoms with van der Waals surface area (Å²) in [6.07, 6.45) is 0.964. The second kappa shape index (κ2) is 12.3. The lowest BCUT2D eigenvalue weighted by molar-refractivity contribution is 0.0904. The highest BCUT2D eigenvalue weighted by Crippen LogP contribution is 2.29. The monoisotopic (exact) mass is 598 g/mol. The molecule has 2 amide bonds. The number of carbonyl (C=O) groups excluding carboxylic acids is 2. The molecule has 1 saturated carbocycles. The molecule has 1 fully saturated rings. The summed E-state index contributed by atoms with van der Waals surface area (Å²) in [5.41, 5.74) is 6.63. The van der Waals surface area contributed by atoms with Crippen LogP contribution in [0.1, 0.15) is 66.9 Å². The molecule has 4 aromatic rings. The van der Waals surface area contributed by atoms with Crippen LogP contribution < -0.4 is 16.7 Å². The molecule has 3 N–H and O–H groups in total. The maximum atomic E-state index is 13.7. The Labute approximate surface area is 244 Å². The van der Waals surface area contributed by atoms with Gasteiger partial charge in [-0.3, -0.25) is 23.9 Å². The number of nitrogens with zero attached hydrogens (tertiary/aromatic N) is 4. The van der Waals surface area contributed by atoms with Gasteiger partial charge in [-0.1, -0.05) is 23.7 Å². The number of para-hydroxylation sites is 2. The molecule has 1 aliphatic rings. The zero-order valence-electron chi connectivity index (χ0n) is 22.7. The van der Waals surface area contributed by atoms with Crippen molar-refractivity contribution in [2.24, 2.45) is 11.7 Å². The summed E-state index contributed by atoms with van der Waals surface area (Å²) < 4.78 is 35.0. The van der Waals surface area contributed by atoms with Crippen LogP contribution in [-0.2, 0) is 11.3 Å². The third-order valence-electron chi connectivity index (χ3n) is 7.53. The highest BCUT2D eigenvalue weighted by molar-refractivity contribution is 6.30. The SMILES string of the molecule is CC(OC(N)=O)c1ccc(-n2c(=O)n(CC3CCC(NC(=O)c4cc(Cl)cnc4C(F)F)CC3)c3ccccc32)cn1. The number of pyridine rings is 2. The molecule has 0 spiro atoms. The van der Waals surface area contributed by atoms with Gasteiger partial charge in [0.15, 0.2) is 0 Å². The Morgan fingerprint density at radius 1 is 1.10 bits per heavy atom. The van der Waals surface area contributed by atoms with E-state index >= 15 is 0 Å². The number of amides is 2. The summed E-state index contributed by atoms with van der Waals surface area (Å²) in [6, 6.07) is 11.9. The lowest BCUT2D eigenvalue weighted by Gasteiger charge is -2.29. The second-order valence-electron chi connectivity index (χ2n) is 10.3. The Kier molecular flexibility index (Phi) is 8.53. The van der Waals surface area contributed by atoms with Crippen molar-refractivity contribution in [1.29, 1.82) is 0 Å². The molecule has 5 rings (SSSR count). The molecule has 10 nitrogen and oxygen atoms in total. The van der Waals surface area contributed by atoms with Crippen molar-refractivity contribution in [2.45, 2.75) is 57.7 Å². The molecule has 1 atom stereocenters. The lowest BCUT2D eigenvalue weighted by atomic mass is 9.85. The van der Waals surface area contributed by atoms with Gasteiger partial charge in [-0.2, -0.15) is 0 Å². The molecule has 1 aromatic carbocycles. The van der Waals surface area contributed by atoms with Crippen molar-refractivity contribution in [2.75, 3.05) is 0 Å². The van der Waals surface area contributed by atoms with Crippen LogP contribution in [0.4, 0.5) is 13.6 Å². The highest BCUT2D eigenvalue weighted by Gasteiger charge is 2.27. The van der Waals surface area contributed by atoms with Crippen LogP contribution in [0.3, 0.4) is 0 Å². The van der Waals surface area contributed by atoms with Gasteiger partial charge in [-0.15, -0.1) is 0 Å². The third kappa shape index (κ3) is 6.13. The standard InChI is InChI=1S/C29H29ClF2N6O4/c1-16(42-28(33)40)22-11-10-20(14-34-22)38-24-5-3-2-4-23(24)37(29(38)41)15-17-6-8-19(9-7-17)36-27(39)21-12-18(30)13-35-25(21)26(31)32/h2-5,10-14,16-17,19,26H,6-9,15H2,1H3,(H2,33,40)(H,36,39). The van der Waals surface area contributed by atoms with Crippen molar-refractivity contribution in [1.82, 2.24) is 24.4 Å². The summed E-state index contributed by atoms with van der Waals surface area (Å²) in [5.74, 6) is -0.454. The van der Waals surface area contributed by atoms with E-state index in [2.05, 4.69) is 15.3 Å². The number of hydrogen-bond acceptors (Lipinski definition) is 6. The predicted molar refractivity (Wildman–Crippen MR) is 152 cm³/mol. The Bertz CT molecular complexity index is 1670. The summed E-state index contributed by atoms with van der Waals surface area (Å²) in [5, 5.41) is 2.95. The number of alkyl halides is 2.